The van der Waals surface area contributed by atoms with E-state index in [0.717, 1.165) is 6.42 Å². The molecule has 0 aliphatic carbocycles. The molecular weight excluding hydrogens is 284 g/mol. The van der Waals surface area contributed by atoms with Crippen LogP contribution in [0.1, 0.15) is 31.9 Å². The summed E-state index contributed by atoms with van der Waals surface area (Å²) in [6.07, 6.45) is 2.44. The fourth-order valence-corrected chi connectivity index (χ4v) is 2.67. The van der Waals surface area contributed by atoms with E-state index in [1.54, 1.807) is 24.5 Å². The molecule has 1 aromatic rings. The predicted molar refractivity (Wildman–Crippen MR) is 77.6 cm³/mol. The summed E-state index contributed by atoms with van der Waals surface area (Å²) < 4.78 is 40.3. The Morgan fingerprint density at radius 2 is 1.95 bits per heavy atom. The van der Waals surface area contributed by atoms with Crippen LogP contribution in [0.4, 0.5) is 8.78 Å². The normalized spacial score (nSPS) is 15.9. The monoisotopic (exact) mass is 305 g/mol. The highest BCUT2D eigenvalue weighted by Gasteiger charge is 2.16. The molecule has 0 amide bonds. The summed E-state index contributed by atoms with van der Waals surface area (Å²) in [4.78, 5) is 0. The van der Waals surface area contributed by atoms with Crippen molar-refractivity contribution in [2.75, 3.05) is 12.0 Å². The Kier molecular flexibility index (Phi) is 7.09. The van der Waals surface area contributed by atoms with Gasteiger partial charge in [0.25, 0.3) is 0 Å². The number of nitrogens with one attached hydrogen (secondary N) is 1. The van der Waals surface area contributed by atoms with Crippen LogP contribution in [0.2, 0.25) is 0 Å². The minimum Gasteiger partial charge on any atom is -0.434 e. The number of halogens is 2. The smallest absolute Gasteiger partial charge is 0.387 e. The molecule has 20 heavy (non-hydrogen) atoms. The second-order valence-electron chi connectivity index (χ2n) is 4.77. The van der Waals surface area contributed by atoms with E-state index in [4.69, 9.17) is 0 Å². The average Bonchev–Trinajstić information content (AvgIpc) is 2.36. The number of ether oxygens (including phenoxy) is 1. The second-order valence-corrected chi connectivity index (χ2v) is 6.33. The highest BCUT2D eigenvalue weighted by atomic mass is 32.2. The molecule has 0 aromatic heterocycles. The minimum absolute atomic E-state index is 0.120. The molecule has 0 spiro atoms. The maximum atomic E-state index is 12.4. The van der Waals surface area contributed by atoms with Crippen molar-refractivity contribution in [2.24, 2.45) is 0 Å². The maximum absolute atomic E-state index is 12.4. The molecule has 114 valence electrons. The third-order valence-corrected chi connectivity index (χ3v) is 3.79. The van der Waals surface area contributed by atoms with Crippen LogP contribution in [0.25, 0.3) is 0 Å². The first kappa shape index (κ1) is 17.0. The lowest BCUT2D eigenvalue weighted by Crippen LogP contribution is -2.30. The molecule has 6 heteroatoms. The lowest BCUT2D eigenvalue weighted by molar-refractivity contribution is -0.0506. The van der Waals surface area contributed by atoms with Crippen molar-refractivity contribution < 1.29 is 17.7 Å². The SMILES string of the molecule is CC(CCS(C)=O)NC(C)c1ccccc1OC(F)F. The predicted octanol–water partition coefficient (Wildman–Crippen LogP) is 3.10. The Balaban J connectivity index is 2.66. The summed E-state index contributed by atoms with van der Waals surface area (Å²) >= 11 is 0. The van der Waals surface area contributed by atoms with Crippen LogP contribution in [0.15, 0.2) is 24.3 Å². The summed E-state index contributed by atoms with van der Waals surface area (Å²) in [5.41, 5.74) is 0.692. The summed E-state index contributed by atoms with van der Waals surface area (Å²) in [6.45, 7) is 1.05. The summed E-state index contributed by atoms with van der Waals surface area (Å²) in [6, 6.07) is 6.78. The van der Waals surface area contributed by atoms with Gasteiger partial charge in [0.2, 0.25) is 0 Å². The highest BCUT2D eigenvalue weighted by molar-refractivity contribution is 7.84. The van der Waals surface area contributed by atoms with Crippen LogP contribution >= 0.6 is 0 Å². The zero-order valence-electron chi connectivity index (χ0n) is 11.9. The Morgan fingerprint density at radius 3 is 2.55 bits per heavy atom. The van der Waals surface area contributed by atoms with Gasteiger partial charge in [0.1, 0.15) is 5.75 Å². The molecule has 3 atom stereocenters. The van der Waals surface area contributed by atoms with Gasteiger partial charge in [0, 0.05) is 40.5 Å². The van der Waals surface area contributed by atoms with Crippen LogP contribution in [-0.2, 0) is 10.8 Å². The van der Waals surface area contributed by atoms with Crippen molar-refractivity contribution >= 4 is 10.8 Å². The molecule has 0 radical (unpaired) electrons. The van der Waals surface area contributed by atoms with Crippen LogP contribution < -0.4 is 10.1 Å². The molecule has 3 nitrogen and oxygen atoms in total. The lowest BCUT2D eigenvalue weighted by atomic mass is 10.1. The summed E-state index contributed by atoms with van der Waals surface area (Å²) in [5.74, 6) is 0.810. The molecule has 0 bridgehead atoms. The molecule has 1 rings (SSSR count). The second kappa shape index (κ2) is 8.32. The molecule has 1 aromatic carbocycles. The van der Waals surface area contributed by atoms with Crippen molar-refractivity contribution in [3.8, 4) is 5.75 Å². The van der Waals surface area contributed by atoms with Crippen molar-refractivity contribution in [1.82, 2.24) is 5.32 Å². The van der Waals surface area contributed by atoms with Gasteiger partial charge in [-0.05, 0) is 26.3 Å². The zero-order chi connectivity index (χ0) is 15.1. The molecule has 0 aliphatic rings. The highest BCUT2D eigenvalue weighted by Crippen LogP contribution is 2.26. The van der Waals surface area contributed by atoms with Gasteiger partial charge in [0.05, 0.1) is 0 Å². The van der Waals surface area contributed by atoms with E-state index < -0.39 is 17.4 Å². The summed E-state index contributed by atoms with van der Waals surface area (Å²) in [7, 11) is -0.822. The molecule has 3 unspecified atom stereocenters. The Labute approximate surface area is 121 Å². The number of hydrogen-bond donors (Lipinski definition) is 1. The lowest BCUT2D eigenvalue weighted by Gasteiger charge is -2.22. The molecule has 0 saturated carbocycles. The summed E-state index contributed by atoms with van der Waals surface area (Å²) in [5, 5.41) is 3.31. The van der Waals surface area contributed by atoms with Crippen molar-refractivity contribution in [1.29, 1.82) is 0 Å². The molecule has 0 fully saturated rings. The standard InChI is InChI=1S/C14H21F2NO2S/c1-10(8-9-20(3)18)17-11(2)12-6-4-5-7-13(12)19-14(15)16/h4-7,10-11,14,17H,8-9H2,1-3H3. The van der Waals surface area contributed by atoms with Gasteiger partial charge in [-0.3, -0.25) is 4.21 Å². The van der Waals surface area contributed by atoms with E-state index in [-0.39, 0.29) is 17.8 Å². The third kappa shape index (κ3) is 5.96. The van der Waals surface area contributed by atoms with Gasteiger partial charge in [0.15, 0.2) is 0 Å². The van der Waals surface area contributed by atoms with E-state index >= 15 is 0 Å². The number of hydrogen-bond acceptors (Lipinski definition) is 3. The van der Waals surface area contributed by atoms with Gasteiger partial charge < -0.3 is 10.1 Å². The fourth-order valence-electron chi connectivity index (χ4n) is 1.98. The third-order valence-electron chi connectivity index (χ3n) is 2.97. The van der Waals surface area contributed by atoms with E-state index in [2.05, 4.69) is 10.1 Å². The van der Waals surface area contributed by atoms with Crippen LogP contribution in [-0.4, -0.2) is 28.9 Å². The molecule has 1 N–H and O–H groups in total. The minimum atomic E-state index is -2.83. The Bertz CT molecular complexity index is 443. The molecule has 0 heterocycles. The quantitative estimate of drug-likeness (QED) is 0.802. The number of benzene rings is 1. The van der Waals surface area contributed by atoms with Gasteiger partial charge in [-0.1, -0.05) is 18.2 Å². The van der Waals surface area contributed by atoms with Gasteiger partial charge >= 0.3 is 6.61 Å². The fraction of sp³-hybridized carbons (Fsp3) is 0.571. The van der Waals surface area contributed by atoms with E-state index in [1.807, 2.05) is 13.8 Å². The average molecular weight is 305 g/mol. The van der Waals surface area contributed by atoms with Crippen molar-refractivity contribution in [2.45, 2.75) is 39.0 Å². The molecule has 0 aliphatic heterocycles. The first-order valence-corrected chi connectivity index (χ1v) is 8.22. The van der Waals surface area contributed by atoms with Gasteiger partial charge in [-0.2, -0.15) is 8.78 Å². The van der Waals surface area contributed by atoms with Crippen LogP contribution in [0, 0.1) is 0 Å². The largest absolute Gasteiger partial charge is 0.434 e. The number of rotatable bonds is 8. The van der Waals surface area contributed by atoms with Crippen molar-refractivity contribution in [3.05, 3.63) is 29.8 Å². The number of para-hydroxylation sites is 1. The van der Waals surface area contributed by atoms with E-state index in [9.17, 15) is 13.0 Å². The first-order chi connectivity index (χ1) is 9.40. The van der Waals surface area contributed by atoms with Crippen LogP contribution in [0.5, 0.6) is 5.75 Å². The van der Waals surface area contributed by atoms with E-state index in [0.29, 0.717) is 11.3 Å². The van der Waals surface area contributed by atoms with Crippen LogP contribution in [0.3, 0.4) is 0 Å². The Hall–Kier alpha value is -1.01. The molecular formula is C14H21F2NO2S. The molecule has 0 saturated heterocycles. The van der Waals surface area contributed by atoms with Crippen molar-refractivity contribution in [3.63, 3.8) is 0 Å². The number of alkyl halides is 2. The zero-order valence-corrected chi connectivity index (χ0v) is 12.8. The first-order valence-electron chi connectivity index (χ1n) is 6.50. The maximum Gasteiger partial charge on any atom is 0.387 e. The van der Waals surface area contributed by atoms with Gasteiger partial charge in [-0.25, -0.2) is 0 Å². The van der Waals surface area contributed by atoms with Gasteiger partial charge in [-0.15, -0.1) is 0 Å². The Morgan fingerprint density at radius 1 is 1.30 bits per heavy atom. The van der Waals surface area contributed by atoms with E-state index in [1.165, 1.54) is 6.07 Å². The topological polar surface area (TPSA) is 38.3 Å².